The number of rotatable bonds is 10. The summed E-state index contributed by atoms with van der Waals surface area (Å²) in [5.41, 5.74) is 11.0. The van der Waals surface area contributed by atoms with Crippen molar-refractivity contribution < 1.29 is 0 Å². The van der Waals surface area contributed by atoms with Crippen molar-refractivity contribution >= 4 is 11.8 Å². The maximum absolute atomic E-state index is 3.79. The molecule has 228 valence electrons. The van der Waals surface area contributed by atoms with Crippen molar-refractivity contribution in [3.8, 4) is 0 Å². The van der Waals surface area contributed by atoms with Gasteiger partial charge in [-0.15, -0.1) is 32.9 Å². The predicted octanol–water partition coefficient (Wildman–Crippen LogP) is 12.3. The quantitative estimate of drug-likeness (QED) is 0.223. The zero-order valence-electron chi connectivity index (χ0n) is 26.8. The minimum Gasteiger partial charge on any atom is -0.386 e. The van der Waals surface area contributed by atoms with E-state index in [2.05, 4.69) is 110 Å². The van der Waals surface area contributed by atoms with E-state index in [4.69, 9.17) is 0 Å². The molecule has 1 heterocycles. The first-order valence-corrected chi connectivity index (χ1v) is 16.4. The van der Waals surface area contributed by atoms with Crippen LogP contribution in [0.5, 0.6) is 0 Å². The molecule has 0 aromatic heterocycles. The van der Waals surface area contributed by atoms with Gasteiger partial charge >= 0.3 is 0 Å². The van der Waals surface area contributed by atoms with Gasteiger partial charge in [0.15, 0.2) is 0 Å². The monoisotopic (exact) mass is 567 g/mol. The highest BCUT2D eigenvalue weighted by molar-refractivity contribution is 7.98. The Hall–Kier alpha value is -1.93. The standard InChI is InChI=1S/C30H47NS.C3H6.2C2H4.CH4/c1-7-8-9-12-25-17-23(5)30(26-13-10-11-22(4)16-26)28(18-25)20-32-19-27-14-15-29(21(2)3)31-24(27)6;1-3-2;2*1-2;/h16-18,21,26,29,31H,7-15,19-20H2,1-6H3;3H,1H2,2H3;2*1-2H2;1H4. The van der Waals surface area contributed by atoms with Gasteiger partial charge in [-0.2, -0.15) is 11.8 Å². The van der Waals surface area contributed by atoms with Gasteiger partial charge < -0.3 is 5.32 Å². The molecule has 1 aromatic rings. The van der Waals surface area contributed by atoms with E-state index in [0.29, 0.717) is 17.9 Å². The molecular formula is C38H65NS. The van der Waals surface area contributed by atoms with Gasteiger partial charge in [-0.05, 0) is 106 Å². The summed E-state index contributed by atoms with van der Waals surface area (Å²) in [4.78, 5) is 0. The van der Waals surface area contributed by atoms with Crippen LogP contribution in [-0.4, -0.2) is 11.8 Å². The van der Waals surface area contributed by atoms with Crippen LogP contribution in [0.2, 0.25) is 0 Å². The molecular weight excluding hydrogens is 502 g/mol. The number of hydrogen-bond donors (Lipinski definition) is 1. The van der Waals surface area contributed by atoms with Crippen LogP contribution in [-0.2, 0) is 12.2 Å². The second-order valence-electron chi connectivity index (χ2n) is 11.1. The molecule has 1 aromatic carbocycles. The highest BCUT2D eigenvalue weighted by Gasteiger charge is 2.22. The van der Waals surface area contributed by atoms with Gasteiger partial charge in [0.05, 0.1) is 0 Å². The average molecular weight is 568 g/mol. The van der Waals surface area contributed by atoms with Crippen LogP contribution in [0.3, 0.4) is 0 Å². The summed E-state index contributed by atoms with van der Waals surface area (Å²) < 4.78 is 0. The molecule has 0 spiro atoms. The maximum Gasteiger partial charge on any atom is 0.0284 e. The fourth-order valence-electron chi connectivity index (χ4n) is 5.60. The number of benzene rings is 1. The maximum atomic E-state index is 3.79. The van der Waals surface area contributed by atoms with Crippen LogP contribution >= 0.6 is 11.8 Å². The summed E-state index contributed by atoms with van der Waals surface area (Å²) in [5, 5.41) is 3.79. The van der Waals surface area contributed by atoms with E-state index >= 15 is 0 Å². The molecule has 40 heavy (non-hydrogen) atoms. The molecule has 2 heteroatoms. The number of hydrogen-bond acceptors (Lipinski definition) is 2. The van der Waals surface area contributed by atoms with Gasteiger partial charge in [0.25, 0.3) is 0 Å². The second kappa shape index (κ2) is 23.7. The third-order valence-electron chi connectivity index (χ3n) is 7.57. The van der Waals surface area contributed by atoms with Crippen molar-refractivity contribution in [2.75, 3.05) is 5.75 Å². The Morgan fingerprint density at radius 3 is 2.20 bits per heavy atom. The van der Waals surface area contributed by atoms with E-state index in [0.717, 1.165) is 5.75 Å². The number of allylic oxidation sites excluding steroid dienone is 4. The lowest BCUT2D eigenvalue weighted by atomic mass is 9.81. The molecule has 1 N–H and O–H groups in total. The molecule has 0 radical (unpaired) electrons. The summed E-state index contributed by atoms with van der Waals surface area (Å²) in [6.45, 7) is 31.2. The predicted molar refractivity (Wildman–Crippen MR) is 190 cm³/mol. The lowest BCUT2D eigenvalue weighted by molar-refractivity contribution is 0.386. The minimum atomic E-state index is 0. The van der Waals surface area contributed by atoms with Crippen molar-refractivity contribution in [2.24, 2.45) is 5.92 Å². The van der Waals surface area contributed by atoms with Gasteiger partial charge in [0.2, 0.25) is 0 Å². The number of nitrogens with one attached hydrogen (secondary N) is 1. The smallest absolute Gasteiger partial charge is 0.0284 e. The van der Waals surface area contributed by atoms with Gasteiger partial charge in [-0.3, -0.25) is 0 Å². The van der Waals surface area contributed by atoms with E-state index in [1.54, 1.807) is 33.9 Å². The molecule has 0 saturated heterocycles. The number of unbranched alkanes of at least 4 members (excludes halogenated alkanes) is 2. The van der Waals surface area contributed by atoms with Gasteiger partial charge in [-0.25, -0.2) is 0 Å². The van der Waals surface area contributed by atoms with E-state index in [9.17, 15) is 0 Å². The van der Waals surface area contributed by atoms with Gasteiger partial charge in [0.1, 0.15) is 0 Å². The molecule has 0 bridgehead atoms. The fourth-order valence-corrected chi connectivity index (χ4v) is 6.77. The van der Waals surface area contributed by atoms with Crippen LogP contribution in [0.15, 0.2) is 74.0 Å². The van der Waals surface area contributed by atoms with Crippen molar-refractivity contribution in [1.29, 1.82) is 0 Å². The first-order valence-electron chi connectivity index (χ1n) is 15.2. The van der Waals surface area contributed by atoms with Gasteiger partial charge in [0, 0.05) is 29.2 Å². The van der Waals surface area contributed by atoms with Crippen molar-refractivity contribution in [2.45, 2.75) is 131 Å². The molecule has 0 amide bonds. The Balaban J connectivity index is 0. The van der Waals surface area contributed by atoms with E-state index in [1.807, 2.05) is 6.92 Å². The summed E-state index contributed by atoms with van der Waals surface area (Å²) >= 11 is 2.13. The molecule has 1 nitrogen and oxygen atoms in total. The normalized spacial score (nSPS) is 17.9. The summed E-state index contributed by atoms with van der Waals surface area (Å²) in [7, 11) is 0. The molecule has 0 saturated carbocycles. The fraction of sp³-hybridized carbons (Fsp3) is 0.579. The average Bonchev–Trinajstić information content (AvgIpc) is 2.92. The Bertz CT molecular complexity index is 889. The highest BCUT2D eigenvalue weighted by Crippen LogP contribution is 2.37. The zero-order valence-corrected chi connectivity index (χ0v) is 27.6. The van der Waals surface area contributed by atoms with Crippen LogP contribution in [0.25, 0.3) is 0 Å². The van der Waals surface area contributed by atoms with Crippen LogP contribution in [0.1, 0.15) is 129 Å². The molecule has 1 aliphatic carbocycles. The summed E-state index contributed by atoms with van der Waals surface area (Å²) in [6.07, 6.45) is 16.0. The van der Waals surface area contributed by atoms with Gasteiger partial charge in [-0.1, -0.05) is 70.9 Å². The summed E-state index contributed by atoms with van der Waals surface area (Å²) in [5.74, 6) is 3.65. The first kappa shape index (κ1) is 40.2. The molecule has 3 rings (SSSR count). The second-order valence-corrected chi connectivity index (χ2v) is 12.1. The molecule has 2 unspecified atom stereocenters. The van der Waals surface area contributed by atoms with Crippen molar-refractivity contribution in [3.63, 3.8) is 0 Å². The number of aryl methyl sites for hydroxylation is 2. The summed E-state index contributed by atoms with van der Waals surface area (Å²) in [6, 6.07) is 5.72. The molecule has 0 fully saturated rings. The largest absolute Gasteiger partial charge is 0.386 e. The Morgan fingerprint density at radius 2 is 1.65 bits per heavy atom. The zero-order chi connectivity index (χ0) is 29.8. The van der Waals surface area contributed by atoms with Crippen LogP contribution < -0.4 is 5.32 Å². The third kappa shape index (κ3) is 14.1. The molecule has 2 atom stereocenters. The lowest BCUT2D eigenvalue weighted by Gasteiger charge is -2.31. The lowest BCUT2D eigenvalue weighted by Crippen LogP contribution is -2.36. The van der Waals surface area contributed by atoms with Crippen LogP contribution in [0, 0.1) is 12.8 Å². The first-order chi connectivity index (χ1) is 18.8. The number of thioether (sulfide) groups is 1. The van der Waals surface area contributed by atoms with Crippen LogP contribution in [0.4, 0.5) is 0 Å². The van der Waals surface area contributed by atoms with E-state index < -0.39 is 0 Å². The van der Waals surface area contributed by atoms with Crippen molar-refractivity contribution in [3.05, 3.63) is 96.3 Å². The topological polar surface area (TPSA) is 12.0 Å². The third-order valence-corrected chi connectivity index (χ3v) is 8.64. The SMILES string of the molecule is C.C=C.C=C.C=CC.CCCCCc1cc(C)c(C2C=C(C)CCC2)c(CSCC2=C(C)NC(C(C)C)CC2)c1. The molecule has 2 aliphatic rings. The highest BCUT2D eigenvalue weighted by atomic mass is 32.2. The molecule has 1 aliphatic heterocycles. The minimum absolute atomic E-state index is 0. The Morgan fingerprint density at radius 1 is 1.00 bits per heavy atom. The Kier molecular flexibility index (Phi) is 23.9. The van der Waals surface area contributed by atoms with E-state index in [-0.39, 0.29) is 7.43 Å². The Labute approximate surface area is 255 Å². The van der Waals surface area contributed by atoms with Crippen molar-refractivity contribution in [1.82, 2.24) is 5.32 Å². The van der Waals surface area contributed by atoms with E-state index in [1.165, 1.54) is 74.8 Å².